The number of halogens is 4. The van der Waals surface area contributed by atoms with Gasteiger partial charge < -0.3 is 4.74 Å². The van der Waals surface area contributed by atoms with Gasteiger partial charge in [0, 0.05) is 12.8 Å². The molecule has 1 aliphatic rings. The molecule has 5 heteroatoms. The number of hydrogen-bond donors (Lipinski definition) is 0. The number of rotatable bonds is 4. The average molecular weight is 186 g/mol. The molecule has 0 aromatic heterocycles. The van der Waals surface area contributed by atoms with Crippen molar-refractivity contribution in [2.75, 3.05) is 6.61 Å². The lowest BCUT2D eigenvalue weighted by atomic mass is 10.0. The lowest BCUT2D eigenvalue weighted by Gasteiger charge is -2.24. The highest BCUT2D eigenvalue weighted by Gasteiger charge is 2.56. The van der Waals surface area contributed by atoms with E-state index in [1.807, 2.05) is 0 Å². The highest BCUT2D eigenvalue weighted by atomic mass is 19.3. The summed E-state index contributed by atoms with van der Waals surface area (Å²) in [6.45, 7) is 1.22. The van der Waals surface area contributed by atoms with Crippen LogP contribution in [0.15, 0.2) is 0 Å². The van der Waals surface area contributed by atoms with Gasteiger partial charge in [-0.05, 0) is 0 Å². The second-order valence-electron chi connectivity index (χ2n) is 2.92. The average Bonchev–Trinajstić information content (AvgIpc) is 2.70. The lowest BCUT2D eigenvalue weighted by Crippen LogP contribution is -2.40. The summed E-state index contributed by atoms with van der Waals surface area (Å²) >= 11 is 0. The number of epoxide rings is 1. The maximum Gasteiger partial charge on any atom is 0.312 e. The molecule has 1 rings (SSSR count). The van der Waals surface area contributed by atoms with Gasteiger partial charge in [0.05, 0.1) is 12.7 Å². The van der Waals surface area contributed by atoms with E-state index in [0.29, 0.717) is 0 Å². The van der Waals surface area contributed by atoms with Crippen molar-refractivity contribution in [3.63, 3.8) is 0 Å². The molecule has 0 aliphatic carbocycles. The predicted octanol–water partition coefficient (Wildman–Crippen LogP) is 2.46. The Kier molecular flexibility index (Phi) is 2.33. The molecule has 0 saturated carbocycles. The first kappa shape index (κ1) is 9.77. The molecule has 0 aromatic carbocycles. The van der Waals surface area contributed by atoms with Crippen LogP contribution in [0.25, 0.3) is 0 Å². The standard InChI is InChI=1S/C7H10F4O/c1-2-6(8,9)7(10,11)3-5-4-12-5/h5H,2-4H2,1H3. The molecule has 0 bridgehead atoms. The van der Waals surface area contributed by atoms with Gasteiger partial charge >= 0.3 is 11.8 Å². The Morgan fingerprint density at radius 2 is 1.75 bits per heavy atom. The third-order valence-corrected chi connectivity index (χ3v) is 1.87. The SMILES string of the molecule is CCC(F)(F)C(F)(F)CC1CO1. The third kappa shape index (κ3) is 1.88. The highest BCUT2D eigenvalue weighted by molar-refractivity contribution is 4.88. The number of ether oxygens (including phenoxy) is 1. The van der Waals surface area contributed by atoms with Gasteiger partial charge in [0.2, 0.25) is 0 Å². The predicted molar refractivity (Wildman–Crippen MR) is 34.5 cm³/mol. The van der Waals surface area contributed by atoms with Crippen molar-refractivity contribution in [1.29, 1.82) is 0 Å². The van der Waals surface area contributed by atoms with Crippen LogP contribution < -0.4 is 0 Å². The van der Waals surface area contributed by atoms with Crippen LogP contribution in [0, 0.1) is 0 Å². The first-order valence-corrected chi connectivity index (χ1v) is 3.76. The molecule has 72 valence electrons. The second kappa shape index (κ2) is 2.87. The summed E-state index contributed by atoms with van der Waals surface area (Å²) in [6, 6.07) is 0. The van der Waals surface area contributed by atoms with Gasteiger partial charge in [-0.3, -0.25) is 0 Å². The van der Waals surface area contributed by atoms with E-state index in [0.717, 1.165) is 6.92 Å². The molecule has 0 aromatic rings. The van der Waals surface area contributed by atoms with Crippen LogP contribution in [0.1, 0.15) is 19.8 Å². The molecule has 1 aliphatic heterocycles. The van der Waals surface area contributed by atoms with Gasteiger partial charge in [0.1, 0.15) is 0 Å². The fourth-order valence-electron chi connectivity index (χ4n) is 0.880. The minimum atomic E-state index is -3.93. The first-order valence-electron chi connectivity index (χ1n) is 3.76. The molecule has 0 radical (unpaired) electrons. The van der Waals surface area contributed by atoms with Crippen molar-refractivity contribution in [3.8, 4) is 0 Å². The lowest BCUT2D eigenvalue weighted by molar-refractivity contribution is -0.214. The van der Waals surface area contributed by atoms with Gasteiger partial charge in [0.15, 0.2) is 0 Å². The van der Waals surface area contributed by atoms with E-state index in [1.165, 1.54) is 0 Å². The van der Waals surface area contributed by atoms with E-state index in [4.69, 9.17) is 0 Å². The van der Waals surface area contributed by atoms with E-state index in [2.05, 4.69) is 4.74 Å². The Morgan fingerprint density at radius 3 is 2.08 bits per heavy atom. The first-order chi connectivity index (χ1) is 5.39. The fourth-order valence-corrected chi connectivity index (χ4v) is 0.880. The zero-order valence-corrected chi connectivity index (χ0v) is 6.62. The minimum absolute atomic E-state index is 0.176. The van der Waals surface area contributed by atoms with E-state index >= 15 is 0 Å². The van der Waals surface area contributed by atoms with Crippen LogP contribution in [0.4, 0.5) is 17.6 Å². The van der Waals surface area contributed by atoms with Crippen molar-refractivity contribution in [2.24, 2.45) is 0 Å². The van der Waals surface area contributed by atoms with Gasteiger partial charge in [-0.1, -0.05) is 6.92 Å². The second-order valence-corrected chi connectivity index (χ2v) is 2.92. The molecule has 0 spiro atoms. The summed E-state index contributed by atoms with van der Waals surface area (Å²) in [6.07, 6.45) is -2.38. The Morgan fingerprint density at radius 1 is 1.25 bits per heavy atom. The molecule has 0 N–H and O–H groups in total. The van der Waals surface area contributed by atoms with E-state index in [9.17, 15) is 17.6 Å². The summed E-state index contributed by atoms with van der Waals surface area (Å²) in [5.41, 5.74) is 0. The molecular formula is C7H10F4O. The maximum absolute atomic E-state index is 12.7. The van der Waals surface area contributed by atoms with E-state index < -0.39 is 30.8 Å². The molecule has 1 atom stereocenters. The molecule has 1 unspecified atom stereocenters. The topological polar surface area (TPSA) is 12.5 Å². The normalized spacial score (nSPS) is 24.2. The van der Waals surface area contributed by atoms with Crippen molar-refractivity contribution >= 4 is 0 Å². The highest BCUT2D eigenvalue weighted by Crippen LogP contribution is 2.42. The minimum Gasteiger partial charge on any atom is -0.373 e. The Balaban J connectivity index is 2.54. The van der Waals surface area contributed by atoms with Gasteiger partial charge in [-0.2, -0.15) is 17.6 Å². The molecule has 12 heavy (non-hydrogen) atoms. The Hall–Kier alpha value is -0.320. The van der Waals surface area contributed by atoms with Crippen LogP contribution >= 0.6 is 0 Å². The van der Waals surface area contributed by atoms with Crippen molar-refractivity contribution in [2.45, 2.75) is 37.7 Å². The van der Waals surface area contributed by atoms with Crippen molar-refractivity contribution in [3.05, 3.63) is 0 Å². The maximum atomic E-state index is 12.7. The summed E-state index contributed by atoms with van der Waals surface area (Å²) in [5, 5.41) is 0. The summed E-state index contributed by atoms with van der Waals surface area (Å²) in [5.74, 6) is -7.83. The summed E-state index contributed by atoms with van der Waals surface area (Å²) < 4.78 is 54.8. The Bertz CT molecular complexity index is 165. The van der Waals surface area contributed by atoms with Gasteiger partial charge in [0.25, 0.3) is 0 Å². The van der Waals surface area contributed by atoms with Crippen LogP contribution in [0.2, 0.25) is 0 Å². The largest absolute Gasteiger partial charge is 0.373 e. The molecule has 1 fully saturated rings. The summed E-state index contributed by atoms with van der Waals surface area (Å²) in [4.78, 5) is 0. The smallest absolute Gasteiger partial charge is 0.312 e. The molecule has 1 nitrogen and oxygen atoms in total. The van der Waals surface area contributed by atoms with E-state index in [1.54, 1.807) is 0 Å². The molecule has 0 amide bonds. The van der Waals surface area contributed by atoms with Crippen LogP contribution in [-0.4, -0.2) is 24.6 Å². The fraction of sp³-hybridized carbons (Fsp3) is 1.00. The van der Waals surface area contributed by atoms with Gasteiger partial charge in [-0.15, -0.1) is 0 Å². The van der Waals surface area contributed by atoms with Crippen LogP contribution in [0.5, 0.6) is 0 Å². The van der Waals surface area contributed by atoms with Crippen LogP contribution in [0.3, 0.4) is 0 Å². The summed E-state index contributed by atoms with van der Waals surface area (Å²) in [7, 11) is 0. The number of alkyl halides is 4. The number of hydrogen-bond acceptors (Lipinski definition) is 1. The van der Waals surface area contributed by atoms with Crippen molar-refractivity contribution < 1.29 is 22.3 Å². The Labute approximate surface area is 67.7 Å². The van der Waals surface area contributed by atoms with Gasteiger partial charge in [-0.25, -0.2) is 0 Å². The zero-order chi connectivity index (χ0) is 9.41. The molecule has 1 saturated heterocycles. The molecular weight excluding hydrogens is 176 g/mol. The quantitative estimate of drug-likeness (QED) is 0.485. The van der Waals surface area contributed by atoms with Crippen LogP contribution in [-0.2, 0) is 4.74 Å². The van der Waals surface area contributed by atoms with E-state index in [-0.39, 0.29) is 6.61 Å². The zero-order valence-electron chi connectivity index (χ0n) is 6.62. The monoisotopic (exact) mass is 186 g/mol. The molecule has 1 heterocycles. The van der Waals surface area contributed by atoms with Crippen molar-refractivity contribution in [1.82, 2.24) is 0 Å². The third-order valence-electron chi connectivity index (χ3n) is 1.87.